The van der Waals surface area contributed by atoms with E-state index < -0.39 is 0 Å². The number of hydrogen-bond donors (Lipinski definition) is 1. The van der Waals surface area contributed by atoms with Gasteiger partial charge in [0.1, 0.15) is 10.7 Å². The molecule has 0 bridgehead atoms. The van der Waals surface area contributed by atoms with E-state index >= 15 is 0 Å². The van der Waals surface area contributed by atoms with Crippen LogP contribution in [0.25, 0.3) is 0 Å². The highest BCUT2D eigenvalue weighted by Gasteiger charge is 2.18. The molecule has 1 aromatic rings. The number of carbonyl (C=O) groups excluding carboxylic acids is 1. The van der Waals surface area contributed by atoms with Gasteiger partial charge >= 0.3 is 0 Å². The van der Waals surface area contributed by atoms with E-state index in [-0.39, 0.29) is 5.91 Å². The first-order valence-electron chi connectivity index (χ1n) is 6.17. The SMILES string of the molecule is CNc1snnc1CN1CCCN(C(C)=O)CC1. The van der Waals surface area contributed by atoms with Gasteiger partial charge < -0.3 is 10.2 Å². The summed E-state index contributed by atoms with van der Waals surface area (Å²) < 4.78 is 3.96. The third-order valence-electron chi connectivity index (χ3n) is 3.19. The van der Waals surface area contributed by atoms with Crippen LogP contribution in [0.1, 0.15) is 19.0 Å². The fourth-order valence-electron chi connectivity index (χ4n) is 2.16. The Morgan fingerprint density at radius 1 is 1.39 bits per heavy atom. The van der Waals surface area contributed by atoms with E-state index in [1.807, 2.05) is 11.9 Å². The van der Waals surface area contributed by atoms with Gasteiger partial charge in [-0.3, -0.25) is 9.69 Å². The molecule has 2 heterocycles. The Labute approximate surface area is 111 Å². The average Bonchev–Trinajstić information content (AvgIpc) is 2.65. The van der Waals surface area contributed by atoms with Gasteiger partial charge in [0.05, 0.1) is 0 Å². The van der Waals surface area contributed by atoms with Crippen LogP contribution in [0.15, 0.2) is 0 Å². The Hall–Kier alpha value is -1.21. The molecule has 18 heavy (non-hydrogen) atoms. The molecule has 0 saturated carbocycles. The van der Waals surface area contributed by atoms with Crippen LogP contribution < -0.4 is 5.32 Å². The molecule has 1 aliphatic heterocycles. The first kappa shape index (κ1) is 13.2. The van der Waals surface area contributed by atoms with Crippen molar-refractivity contribution < 1.29 is 4.79 Å². The van der Waals surface area contributed by atoms with Crippen molar-refractivity contribution in [2.45, 2.75) is 19.9 Å². The van der Waals surface area contributed by atoms with E-state index in [1.54, 1.807) is 6.92 Å². The number of rotatable bonds is 3. The molecule has 100 valence electrons. The molecular weight excluding hydrogens is 250 g/mol. The summed E-state index contributed by atoms with van der Waals surface area (Å²) in [6.45, 7) is 6.02. The minimum atomic E-state index is 0.170. The normalized spacial score (nSPS) is 17.6. The second-order valence-electron chi connectivity index (χ2n) is 4.43. The molecule has 0 unspecified atom stereocenters. The third-order valence-corrected chi connectivity index (χ3v) is 3.98. The molecule has 6 nitrogen and oxygen atoms in total. The Morgan fingerprint density at radius 3 is 2.94 bits per heavy atom. The van der Waals surface area contributed by atoms with Crippen molar-refractivity contribution >= 4 is 22.4 Å². The van der Waals surface area contributed by atoms with Crippen LogP contribution in [0.5, 0.6) is 0 Å². The monoisotopic (exact) mass is 269 g/mol. The van der Waals surface area contributed by atoms with Gasteiger partial charge in [-0.05, 0) is 6.42 Å². The Bertz CT molecular complexity index is 408. The van der Waals surface area contributed by atoms with Crippen LogP contribution in [-0.4, -0.2) is 58.5 Å². The topological polar surface area (TPSA) is 61.4 Å². The molecule has 0 spiro atoms. The van der Waals surface area contributed by atoms with Gasteiger partial charge in [-0.1, -0.05) is 4.49 Å². The number of nitrogens with one attached hydrogen (secondary N) is 1. The molecule has 1 aliphatic rings. The predicted molar refractivity (Wildman–Crippen MR) is 71.6 cm³/mol. The van der Waals surface area contributed by atoms with Crippen molar-refractivity contribution in [3.8, 4) is 0 Å². The highest BCUT2D eigenvalue weighted by atomic mass is 32.1. The summed E-state index contributed by atoms with van der Waals surface area (Å²) in [6, 6.07) is 0. The molecular formula is C11H19N5OS. The largest absolute Gasteiger partial charge is 0.377 e. The molecule has 2 rings (SSSR count). The second-order valence-corrected chi connectivity index (χ2v) is 5.19. The van der Waals surface area contributed by atoms with Crippen molar-refractivity contribution in [2.75, 3.05) is 38.5 Å². The smallest absolute Gasteiger partial charge is 0.219 e. The fourth-order valence-corrected chi connectivity index (χ4v) is 2.68. The van der Waals surface area contributed by atoms with E-state index in [1.165, 1.54) is 11.5 Å². The van der Waals surface area contributed by atoms with E-state index in [9.17, 15) is 4.79 Å². The number of nitrogens with zero attached hydrogens (tertiary/aromatic N) is 4. The first-order chi connectivity index (χ1) is 8.70. The minimum Gasteiger partial charge on any atom is -0.377 e. The Morgan fingerprint density at radius 2 is 2.22 bits per heavy atom. The van der Waals surface area contributed by atoms with Crippen LogP contribution >= 0.6 is 11.5 Å². The van der Waals surface area contributed by atoms with Gasteiger partial charge in [-0.25, -0.2) is 0 Å². The van der Waals surface area contributed by atoms with Gasteiger partial charge in [0.2, 0.25) is 5.91 Å². The molecule has 0 aliphatic carbocycles. The lowest BCUT2D eigenvalue weighted by atomic mass is 10.3. The minimum absolute atomic E-state index is 0.170. The number of anilines is 1. The molecule has 7 heteroatoms. The molecule has 0 aromatic carbocycles. The Balaban J connectivity index is 1.93. The predicted octanol–water partition coefficient (Wildman–Crippen LogP) is 0.634. The van der Waals surface area contributed by atoms with Gasteiger partial charge in [0, 0.05) is 58.2 Å². The number of carbonyl (C=O) groups is 1. The lowest BCUT2D eigenvalue weighted by Crippen LogP contribution is -2.33. The molecule has 1 fully saturated rings. The van der Waals surface area contributed by atoms with Crippen LogP contribution in [0.2, 0.25) is 0 Å². The first-order valence-corrected chi connectivity index (χ1v) is 6.95. The van der Waals surface area contributed by atoms with Crippen molar-refractivity contribution in [3.63, 3.8) is 0 Å². The summed E-state index contributed by atoms with van der Waals surface area (Å²) in [5.41, 5.74) is 0.999. The van der Waals surface area contributed by atoms with Gasteiger partial charge in [-0.2, -0.15) is 0 Å². The summed E-state index contributed by atoms with van der Waals surface area (Å²) in [7, 11) is 1.89. The van der Waals surface area contributed by atoms with Crippen molar-refractivity contribution in [1.29, 1.82) is 0 Å². The van der Waals surface area contributed by atoms with E-state index in [0.29, 0.717) is 0 Å². The van der Waals surface area contributed by atoms with Crippen molar-refractivity contribution in [3.05, 3.63) is 5.69 Å². The third kappa shape index (κ3) is 3.17. The highest BCUT2D eigenvalue weighted by molar-refractivity contribution is 7.10. The zero-order valence-corrected chi connectivity index (χ0v) is 11.7. The van der Waals surface area contributed by atoms with Gasteiger partial charge in [0.25, 0.3) is 0 Å². The maximum Gasteiger partial charge on any atom is 0.219 e. The molecule has 1 amide bonds. The Kier molecular flexibility index (Phi) is 4.48. The maximum atomic E-state index is 11.4. The highest BCUT2D eigenvalue weighted by Crippen LogP contribution is 2.19. The summed E-state index contributed by atoms with van der Waals surface area (Å²) in [5.74, 6) is 0.170. The molecule has 1 saturated heterocycles. The number of hydrogen-bond acceptors (Lipinski definition) is 6. The van der Waals surface area contributed by atoms with Crippen LogP contribution in [-0.2, 0) is 11.3 Å². The van der Waals surface area contributed by atoms with Crippen molar-refractivity contribution in [1.82, 2.24) is 19.4 Å². The average molecular weight is 269 g/mol. The molecule has 0 radical (unpaired) electrons. The van der Waals surface area contributed by atoms with Crippen LogP contribution in [0.3, 0.4) is 0 Å². The van der Waals surface area contributed by atoms with E-state index in [4.69, 9.17) is 0 Å². The molecule has 1 aromatic heterocycles. The van der Waals surface area contributed by atoms with Gasteiger partial charge in [-0.15, -0.1) is 5.10 Å². The van der Waals surface area contributed by atoms with Gasteiger partial charge in [0.15, 0.2) is 0 Å². The van der Waals surface area contributed by atoms with Crippen molar-refractivity contribution in [2.24, 2.45) is 0 Å². The zero-order valence-electron chi connectivity index (χ0n) is 10.8. The fraction of sp³-hybridized carbons (Fsp3) is 0.727. The summed E-state index contributed by atoms with van der Waals surface area (Å²) >= 11 is 1.39. The quantitative estimate of drug-likeness (QED) is 0.872. The summed E-state index contributed by atoms with van der Waals surface area (Å²) in [5, 5.41) is 8.29. The second kappa shape index (κ2) is 6.10. The lowest BCUT2D eigenvalue weighted by Gasteiger charge is -2.20. The molecule has 0 atom stereocenters. The zero-order chi connectivity index (χ0) is 13.0. The summed E-state index contributed by atoms with van der Waals surface area (Å²) in [6.07, 6.45) is 1.02. The van der Waals surface area contributed by atoms with Crippen LogP contribution in [0, 0.1) is 0 Å². The van der Waals surface area contributed by atoms with E-state index in [0.717, 1.165) is 49.8 Å². The standard InChI is InChI=1S/C11H19N5OS/c1-9(17)16-5-3-4-15(6-7-16)8-10-11(12-2)18-14-13-10/h12H,3-8H2,1-2H3. The lowest BCUT2D eigenvalue weighted by molar-refractivity contribution is -0.128. The summed E-state index contributed by atoms with van der Waals surface area (Å²) in [4.78, 5) is 15.6. The maximum absolute atomic E-state index is 11.4. The van der Waals surface area contributed by atoms with Crippen LogP contribution in [0.4, 0.5) is 5.00 Å². The molecule has 1 N–H and O–H groups in total. The number of aromatic nitrogens is 2. The van der Waals surface area contributed by atoms with E-state index in [2.05, 4.69) is 19.8 Å². The number of amides is 1.